The molecule has 0 saturated heterocycles. The summed E-state index contributed by atoms with van der Waals surface area (Å²) in [7, 11) is 0. The minimum absolute atomic E-state index is 0.0227. The Balaban J connectivity index is 1.78. The van der Waals surface area contributed by atoms with Gasteiger partial charge in [0.2, 0.25) is 0 Å². The number of nitriles is 1. The van der Waals surface area contributed by atoms with Crippen LogP contribution < -0.4 is 10.1 Å². The van der Waals surface area contributed by atoms with E-state index in [1.165, 1.54) is 0 Å². The van der Waals surface area contributed by atoms with Gasteiger partial charge in [-0.2, -0.15) is 5.26 Å². The predicted molar refractivity (Wildman–Crippen MR) is 139 cm³/mol. The van der Waals surface area contributed by atoms with Crippen molar-refractivity contribution in [2.75, 3.05) is 5.32 Å². The number of anilines is 1. The maximum Gasteiger partial charge on any atom is 0.266 e. The zero-order valence-corrected chi connectivity index (χ0v) is 21.8. The number of benzene rings is 3. The van der Waals surface area contributed by atoms with Crippen LogP contribution in [0, 0.1) is 21.8 Å². The van der Waals surface area contributed by atoms with E-state index in [1.807, 2.05) is 67.6 Å². The summed E-state index contributed by atoms with van der Waals surface area (Å²) in [5.41, 5.74) is 3.41. The maximum atomic E-state index is 12.6. The SMILES string of the molecule is Cc1ccccc1NC(=O)/C(C#N)=C\c1cc(Br)c(OCc2ccc(Br)cc2)c(I)c1. The van der Waals surface area contributed by atoms with E-state index in [0.29, 0.717) is 18.0 Å². The Hall–Kier alpha value is -2.15. The van der Waals surface area contributed by atoms with E-state index in [1.54, 1.807) is 12.1 Å². The monoisotopic (exact) mass is 650 g/mol. The normalized spacial score (nSPS) is 11.0. The number of nitrogens with zero attached hydrogens (tertiary/aromatic N) is 1. The molecule has 0 unspecified atom stereocenters. The molecule has 4 nitrogen and oxygen atoms in total. The Kier molecular flexibility index (Phi) is 8.29. The molecule has 1 N–H and O–H groups in total. The molecule has 0 aliphatic heterocycles. The third-order valence-corrected chi connectivity index (χ3v) is 6.31. The molecule has 0 atom stereocenters. The summed E-state index contributed by atoms with van der Waals surface area (Å²) < 4.78 is 8.62. The van der Waals surface area contributed by atoms with Gasteiger partial charge in [-0.3, -0.25) is 4.79 Å². The number of hydrogen-bond acceptors (Lipinski definition) is 3. The molecule has 156 valence electrons. The Morgan fingerprint density at radius 2 is 1.87 bits per heavy atom. The molecule has 0 fully saturated rings. The molecule has 3 aromatic carbocycles. The molecule has 3 aromatic rings. The highest BCUT2D eigenvalue weighted by molar-refractivity contribution is 14.1. The van der Waals surface area contributed by atoms with Crippen LogP contribution in [0.2, 0.25) is 0 Å². The smallest absolute Gasteiger partial charge is 0.266 e. The van der Waals surface area contributed by atoms with Crippen molar-refractivity contribution >= 4 is 72.1 Å². The largest absolute Gasteiger partial charge is 0.487 e. The number of para-hydroxylation sites is 1. The van der Waals surface area contributed by atoms with Crippen molar-refractivity contribution < 1.29 is 9.53 Å². The topological polar surface area (TPSA) is 62.1 Å². The van der Waals surface area contributed by atoms with E-state index in [0.717, 1.165) is 29.2 Å². The van der Waals surface area contributed by atoms with Crippen molar-refractivity contribution in [1.82, 2.24) is 0 Å². The minimum atomic E-state index is -0.446. The molecule has 3 rings (SSSR count). The lowest BCUT2D eigenvalue weighted by atomic mass is 10.1. The number of hydrogen-bond donors (Lipinski definition) is 1. The second-order valence-electron chi connectivity index (χ2n) is 6.67. The molecule has 0 heterocycles. The molecule has 0 bridgehead atoms. The van der Waals surface area contributed by atoms with Crippen LogP contribution in [0.25, 0.3) is 6.08 Å². The lowest BCUT2D eigenvalue weighted by molar-refractivity contribution is -0.112. The molecule has 0 radical (unpaired) electrons. The van der Waals surface area contributed by atoms with Crippen LogP contribution in [0.3, 0.4) is 0 Å². The first-order valence-electron chi connectivity index (χ1n) is 9.22. The third-order valence-electron chi connectivity index (χ3n) is 4.39. The number of nitrogens with one attached hydrogen (secondary N) is 1. The fourth-order valence-corrected chi connectivity index (χ4v) is 4.79. The van der Waals surface area contributed by atoms with Crippen molar-refractivity contribution in [3.8, 4) is 11.8 Å². The van der Waals surface area contributed by atoms with E-state index >= 15 is 0 Å². The summed E-state index contributed by atoms with van der Waals surface area (Å²) in [4.78, 5) is 12.6. The lowest BCUT2D eigenvalue weighted by Crippen LogP contribution is -2.14. The van der Waals surface area contributed by atoms with Crippen LogP contribution in [0.5, 0.6) is 5.75 Å². The first-order valence-corrected chi connectivity index (χ1v) is 11.9. The predicted octanol–water partition coefficient (Wildman–Crippen LogP) is 7.25. The molecule has 1 amide bonds. The van der Waals surface area contributed by atoms with Gasteiger partial charge < -0.3 is 10.1 Å². The molecular formula is C24H17Br2IN2O2. The van der Waals surface area contributed by atoms with Gasteiger partial charge in [0.25, 0.3) is 5.91 Å². The minimum Gasteiger partial charge on any atom is -0.487 e. The Bertz CT molecular complexity index is 1160. The zero-order valence-electron chi connectivity index (χ0n) is 16.5. The standard InChI is InChI=1S/C24H17Br2IN2O2/c1-15-4-2-3-5-22(15)29-24(30)18(13-28)10-17-11-20(26)23(21(27)12-17)31-14-16-6-8-19(25)9-7-16/h2-12H,14H2,1H3,(H,29,30)/b18-10-. The fourth-order valence-electron chi connectivity index (χ4n) is 2.75. The molecule has 0 aromatic heterocycles. The molecule has 0 saturated carbocycles. The van der Waals surface area contributed by atoms with Crippen LogP contribution >= 0.6 is 54.5 Å². The Labute approximate surface area is 211 Å². The van der Waals surface area contributed by atoms with E-state index in [9.17, 15) is 10.1 Å². The highest BCUT2D eigenvalue weighted by Gasteiger charge is 2.13. The molecule has 0 aliphatic carbocycles. The summed E-state index contributed by atoms with van der Waals surface area (Å²) in [6.45, 7) is 2.33. The second-order valence-corrected chi connectivity index (χ2v) is 9.60. The van der Waals surface area contributed by atoms with Crippen LogP contribution in [0.15, 0.2) is 75.2 Å². The Morgan fingerprint density at radius 1 is 1.16 bits per heavy atom. The zero-order chi connectivity index (χ0) is 22.4. The summed E-state index contributed by atoms with van der Waals surface area (Å²) >= 11 is 9.15. The van der Waals surface area contributed by atoms with Crippen molar-refractivity contribution in [2.24, 2.45) is 0 Å². The molecule has 0 aliphatic rings. The quantitative estimate of drug-likeness (QED) is 0.174. The number of rotatable bonds is 6. The summed E-state index contributed by atoms with van der Waals surface area (Å²) in [6, 6.07) is 21.1. The van der Waals surface area contributed by atoms with E-state index in [2.05, 4.69) is 59.8 Å². The van der Waals surface area contributed by atoms with Gasteiger partial charge in [-0.1, -0.05) is 46.3 Å². The van der Waals surface area contributed by atoms with Crippen molar-refractivity contribution in [3.63, 3.8) is 0 Å². The summed E-state index contributed by atoms with van der Waals surface area (Å²) in [6.07, 6.45) is 1.57. The average Bonchev–Trinajstić information content (AvgIpc) is 2.74. The van der Waals surface area contributed by atoms with Gasteiger partial charge in [0.15, 0.2) is 0 Å². The van der Waals surface area contributed by atoms with Crippen molar-refractivity contribution in [2.45, 2.75) is 13.5 Å². The van der Waals surface area contributed by atoms with E-state index in [4.69, 9.17) is 4.74 Å². The number of carbonyl (C=O) groups is 1. The van der Waals surface area contributed by atoms with Gasteiger partial charge in [0, 0.05) is 10.2 Å². The first-order chi connectivity index (χ1) is 14.9. The van der Waals surface area contributed by atoms with Gasteiger partial charge in [-0.15, -0.1) is 0 Å². The molecule has 7 heteroatoms. The highest BCUT2D eigenvalue weighted by atomic mass is 127. The van der Waals surface area contributed by atoms with Crippen LogP contribution in [0.1, 0.15) is 16.7 Å². The van der Waals surface area contributed by atoms with Gasteiger partial charge in [0.05, 0.1) is 8.04 Å². The van der Waals surface area contributed by atoms with Gasteiger partial charge in [-0.05, 0) is 98.5 Å². The molecular weight excluding hydrogens is 635 g/mol. The third kappa shape index (κ3) is 6.42. The van der Waals surface area contributed by atoms with Crippen LogP contribution in [-0.2, 0) is 11.4 Å². The van der Waals surface area contributed by atoms with Crippen molar-refractivity contribution in [3.05, 3.63) is 95.4 Å². The van der Waals surface area contributed by atoms with E-state index < -0.39 is 5.91 Å². The Morgan fingerprint density at radius 3 is 2.52 bits per heavy atom. The number of ether oxygens (including phenoxy) is 1. The summed E-state index contributed by atoms with van der Waals surface area (Å²) in [5.74, 6) is 0.266. The molecule has 0 spiro atoms. The molecule has 31 heavy (non-hydrogen) atoms. The van der Waals surface area contributed by atoms with E-state index in [-0.39, 0.29) is 5.57 Å². The first kappa shape index (κ1) is 23.5. The van der Waals surface area contributed by atoms with Crippen molar-refractivity contribution in [1.29, 1.82) is 5.26 Å². The summed E-state index contributed by atoms with van der Waals surface area (Å²) in [5, 5.41) is 12.3. The lowest BCUT2D eigenvalue weighted by Gasteiger charge is -2.12. The van der Waals surface area contributed by atoms with Crippen LogP contribution in [0.4, 0.5) is 5.69 Å². The second kappa shape index (κ2) is 10.9. The van der Waals surface area contributed by atoms with Gasteiger partial charge in [-0.25, -0.2) is 0 Å². The fraction of sp³-hybridized carbons (Fsp3) is 0.0833. The number of amides is 1. The van der Waals surface area contributed by atoms with Gasteiger partial charge >= 0.3 is 0 Å². The van der Waals surface area contributed by atoms with Gasteiger partial charge in [0.1, 0.15) is 24.0 Å². The number of aryl methyl sites for hydroxylation is 1. The van der Waals surface area contributed by atoms with Crippen LogP contribution in [-0.4, -0.2) is 5.91 Å². The number of halogens is 3. The number of carbonyl (C=O) groups excluding carboxylic acids is 1. The highest BCUT2D eigenvalue weighted by Crippen LogP contribution is 2.33. The maximum absolute atomic E-state index is 12.6. The average molecular weight is 652 g/mol.